The summed E-state index contributed by atoms with van der Waals surface area (Å²) in [6.07, 6.45) is 1.51. The van der Waals surface area contributed by atoms with E-state index in [1.165, 1.54) is 11.3 Å². The van der Waals surface area contributed by atoms with Crippen LogP contribution in [0.15, 0.2) is 66.0 Å². The quantitative estimate of drug-likeness (QED) is 0.557. The average molecular weight is 451 g/mol. The van der Waals surface area contributed by atoms with Crippen LogP contribution < -0.4 is 14.8 Å². The predicted octanol–water partition coefficient (Wildman–Crippen LogP) is 4.26. The van der Waals surface area contributed by atoms with Gasteiger partial charge in [-0.05, 0) is 47.5 Å². The average Bonchev–Trinajstić information content (AvgIpc) is 3.54. The summed E-state index contributed by atoms with van der Waals surface area (Å²) in [5, 5.41) is 4.85. The van der Waals surface area contributed by atoms with Gasteiger partial charge in [0.1, 0.15) is 12.6 Å². The molecule has 2 amide bonds. The maximum absolute atomic E-state index is 12.8. The van der Waals surface area contributed by atoms with Gasteiger partial charge in [-0.15, -0.1) is 11.3 Å². The van der Waals surface area contributed by atoms with Crippen LogP contribution in [0.4, 0.5) is 0 Å². The summed E-state index contributed by atoms with van der Waals surface area (Å²) < 4.78 is 11.4. The Morgan fingerprint density at radius 2 is 1.91 bits per heavy atom. The molecule has 0 spiro atoms. The Labute approximate surface area is 191 Å². The fraction of sp³-hybridized carbons (Fsp3) is 0.280. The summed E-state index contributed by atoms with van der Waals surface area (Å²) in [7, 11) is 1.60. The molecule has 1 N–H and O–H groups in total. The summed E-state index contributed by atoms with van der Waals surface area (Å²) >= 11 is 1.40. The molecule has 0 bridgehead atoms. The van der Waals surface area contributed by atoms with Crippen molar-refractivity contribution >= 4 is 23.2 Å². The lowest BCUT2D eigenvalue weighted by atomic mass is 10.1. The zero-order valence-electron chi connectivity index (χ0n) is 18.0. The number of likely N-dealkylation sites (tertiary alicyclic amines) is 1. The topological polar surface area (TPSA) is 67.9 Å². The highest BCUT2D eigenvalue weighted by Gasteiger charge is 2.34. The number of hydrogen-bond donors (Lipinski definition) is 1. The Hall–Kier alpha value is -3.32. The van der Waals surface area contributed by atoms with E-state index in [4.69, 9.17) is 9.47 Å². The van der Waals surface area contributed by atoms with E-state index < -0.39 is 6.04 Å². The highest BCUT2D eigenvalue weighted by molar-refractivity contribution is 7.12. The van der Waals surface area contributed by atoms with Gasteiger partial charge in [0.15, 0.2) is 11.5 Å². The summed E-state index contributed by atoms with van der Waals surface area (Å²) in [6.45, 7) is 1.41. The molecule has 3 aromatic rings. The monoisotopic (exact) mass is 450 g/mol. The molecular formula is C25H26N2O4S. The summed E-state index contributed by atoms with van der Waals surface area (Å²) in [6, 6.07) is 18.8. The molecule has 1 fully saturated rings. The van der Waals surface area contributed by atoms with Crippen molar-refractivity contribution in [2.45, 2.75) is 32.0 Å². The third-order valence-electron chi connectivity index (χ3n) is 5.48. The number of thiophene rings is 1. The Morgan fingerprint density at radius 1 is 1.06 bits per heavy atom. The Kier molecular flexibility index (Phi) is 7.07. The lowest BCUT2D eigenvalue weighted by Crippen LogP contribution is -2.45. The lowest BCUT2D eigenvalue weighted by molar-refractivity contribution is -0.125. The number of benzene rings is 2. The zero-order valence-corrected chi connectivity index (χ0v) is 18.8. The van der Waals surface area contributed by atoms with Crippen molar-refractivity contribution < 1.29 is 19.1 Å². The Bertz CT molecular complexity index is 1050. The van der Waals surface area contributed by atoms with Crippen LogP contribution in [0.1, 0.15) is 33.6 Å². The summed E-state index contributed by atoms with van der Waals surface area (Å²) in [5.74, 6) is 1.06. The van der Waals surface area contributed by atoms with E-state index in [2.05, 4.69) is 5.32 Å². The molecule has 6 nitrogen and oxygen atoms in total. The molecule has 166 valence electrons. The van der Waals surface area contributed by atoms with Crippen LogP contribution in [-0.2, 0) is 17.9 Å². The molecule has 1 aliphatic heterocycles. The molecule has 4 rings (SSSR count). The van der Waals surface area contributed by atoms with Crippen LogP contribution in [0, 0.1) is 0 Å². The van der Waals surface area contributed by atoms with E-state index in [-0.39, 0.29) is 11.8 Å². The van der Waals surface area contributed by atoms with Gasteiger partial charge in [-0.3, -0.25) is 9.59 Å². The van der Waals surface area contributed by atoms with Crippen LogP contribution >= 0.6 is 11.3 Å². The number of carbonyl (C=O) groups is 2. The maximum Gasteiger partial charge on any atom is 0.264 e. The molecule has 0 radical (unpaired) electrons. The van der Waals surface area contributed by atoms with E-state index >= 15 is 0 Å². The standard InChI is InChI=1S/C25H26N2O4S/c1-30-22-15-19(11-12-21(22)31-17-18-7-3-2-4-8-18)16-26-24(28)20-9-5-13-27(20)25(29)23-10-6-14-32-23/h2-4,6-8,10-12,14-15,20H,5,9,13,16-17H2,1H3,(H,26,28). The van der Waals surface area contributed by atoms with Crippen molar-refractivity contribution in [1.82, 2.24) is 10.2 Å². The minimum absolute atomic E-state index is 0.0702. The third kappa shape index (κ3) is 5.11. The van der Waals surface area contributed by atoms with Crippen molar-refractivity contribution in [3.63, 3.8) is 0 Å². The first-order chi connectivity index (χ1) is 15.7. The van der Waals surface area contributed by atoms with E-state index in [9.17, 15) is 9.59 Å². The largest absolute Gasteiger partial charge is 0.493 e. The van der Waals surface area contributed by atoms with Crippen molar-refractivity contribution in [1.29, 1.82) is 0 Å². The van der Waals surface area contributed by atoms with E-state index in [1.54, 1.807) is 18.1 Å². The molecule has 2 heterocycles. The van der Waals surface area contributed by atoms with Crippen molar-refractivity contribution in [3.8, 4) is 11.5 Å². The van der Waals surface area contributed by atoms with E-state index in [0.29, 0.717) is 42.5 Å². The Balaban J connectivity index is 1.35. The number of nitrogens with zero attached hydrogens (tertiary/aromatic N) is 1. The number of carbonyl (C=O) groups excluding carboxylic acids is 2. The van der Waals surface area contributed by atoms with Gasteiger partial charge in [0.05, 0.1) is 12.0 Å². The third-order valence-corrected chi connectivity index (χ3v) is 6.34. The van der Waals surface area contributed by atoms with Gasteiger partial charge in [-0.25, -0.2) is 0 Å². The van der Waals surface area contributed by atoms with Gasteiger partial charge >= 0.3 is 0 Å². The molecule has 2 aromatic carbocycles. The lowest BCUT2D eigenvalue weighted by Gasteiger charge is -2.23. The van der Waals surface area contributed by atoms with Crippen molar-refractivity contribution in [2.24, 2.45) is 0 Å². The van der Waals surface area contributed by atoms with Gasteiger partial charge in [0, 0.05) is 13.1 Å². The van der Waals surface area contributed by atoms with Gasteiger partial charge in [0.2, 0.25) is 5.91 Å². The molecule has 1 atom stereocenters. The van der Waals surface area contributed by atoms with E-state index in [1.807, 2.05) is 60.0 Å². The number of hydrogen-bond acceptors (Lipinski definition) is 5. The second kappa shape index (κ2) is 10.3. The smallest absolute Gasteiger partial charge is 0.264 e. The highest BCUT2D eigenvalue weighted by Crippen LogP contribution is 2.29. The van der Waals surface area contributed by atoms with Crippen LogP contribution in [-0.4, -0.2) is 36.4 Å². The van der Waals surface area contributed by atoms with Crippen LogP contribution in [0.2, 0.25) is 0 Å². The molecule has 7 heteroatoms. The molecule has 1 aromatic heterocycles. The molecule has 1 unspecified atom stereocenters. The first-order valence-electron chi connectivity index (χ1n) is 10.6. The molecule has 1 aliphatic rings. The number of ether oxygens (including phenoxy) is 2. The molecule has 32 heavy (non-hydrogen) atoms. The van der Waals surface area contributed by atoms with E-state index in [0.717, 1.165) is 17.5 Å². The summed E-state index contributed by atoms with van der Waals surface area (Å²) in [4.78, 5) is 27.9. The SMILES string of the molecule is COc1cc(CNC(=O)C2CCCN2C(=O)c2cccs2)ccc1OCc1ccccc1. The molecule has 0 aliphatic carbocycles. The van der Waals surface area contributed by atoms with Gasteiger partial charge < -0.3 is 19.7 Å². The maximum atomic E-state index is 12.8. The second-order valence-corrected chi connectivity index (χ2v) is 8.56. The summed E-state index contributed by atoms with van der Waals surface area (Å²) in [5.41, 5.74) is 1.97. The van der Waals surface area contributed by atoms with Gasteiger partial charge in [-0.1, -0.05) is 42.5 Å². The normalized spacial score (nSPS) is 15.4. The molecule has 1 saturated heterocycles. The Morgan fingerprint density at radius 3 is 2.66 bits per heavy atom. The fourth-order valence-corrected chi connectivity index (χ4v) is 4.49. The number of nitrogens with one attached hydrogen (secondary N) is 1. The molecular weight excluding hydrogens is 424 g/mol. The number of rotatable bonds is 8. The minimum Gasteiger partial charge on any atom is -0.493 e. The number of amides is 2. The molecule has 0 saturated carbocycles. The zero-order chi connectivity index (χ0) is 22.3. The minimum atomic E-state index is -0.431. The first kappa shape index (κ1) is 21.9. The predicted molar refractivity (Wildman–Crippen MR) is 124 cm³/mol. The van der Waals surface area contributed by atoms with Gasteiger partial charge in [-0.2, -0.15) is 0 Å². The fourth-order valence-electron chi connectivity index (χ4n) is 3.81. The van der Waals surface area contributed by atoms with Crippen LogP contribution in [0.25, 0.3) is 0 Å². The van der Waals surface area contributed by atoms with Crippen LogP contribution in [0.5, 0.6) is 11.5 Å². The van der Waals surface area contributed by atoms with Gasteiger partial charge in [0.25, 0.3) is 5.91 Å². The van der Waals surface area contributed by atoms with Crippen molar-refractivity contribution in [3.05, 3.63) is 82.0 Å². The highest BCUT2D eigenvalue weighted by atomic mass is 32.1. The first-order valence-corrected chi connectivity index (χ1v) is 11.5. The second-order valence-electron chi connectivity index (χ2n) is 7.61. The van der Waals surface area contributed by atoms with Crippen molar-refractivity contribution in [2.75, 3.05) is 13.7 Å². The number of methoxy groups -OCH3 is 1. The van der Waals surface area contributed by atoms with Crippen LogP contribution in [0.3, 0.4) is 0 Å².